The van der Waals surface area contributed by atoms with Crippen LogP contribution in [0.25, 0.3) is 0 Å². The molecule has 0 aromatic carbocycles. The summed E-state index contributed by atoms with van der Waals surface area (Å²) < 4.78 is 26.6. The van der Waals surface area contributed by atoms with E-state index in [0.717, 1.165) is 24.2 Å². The summed E-state index contributed by atoms with van der Waals surface area (Å²) in [6, 6.07) is 2.64. The van der Waals surface area contributed by atoms with Gasteiger partial charge in [-0.05, 0) is 31.2 Å². The van der Waals surface area contributed by atoms with Crippen LogP contribution >= 0.6 is 23.1 Å². The smallest absolute Gasteiger partial charge is 0.345 e. The van der Waals surface area contributed by atoms with Crippen LogP contribution < -0.4 is 4.72 Å². The van der Waals surface area contributed by atoms with E-state index in [4.69, 9.17) is 5.11 Å². The van der Waals surface area contributed by atoms with Crippen molar-refractivity contribution < 1.29 is 18.3 Å². The standard InChI is InChI=1S/C10H13NO4S3/c1-16-10(4-5-10)6-11-18(14,15)8-3-2-7(17-8)9(12)13/h2-3,11H,4-6H2,1H3,(H,12,13). The second-order valence-corrected chi connectivity index (χ2v) is 8.49. The number of carbonyl (C=O) groups is 1. The lowest BCUT2D eigenvalue weighted by molar-refractivity contribution is 0.0702. The Morgan fingerprint density at radius 3 is 2.67 bits per heavy atom. The third-order valence-corrected chi connectivity index (χ3v) is 7.27. The van der Waals surface area contributed by atoms with Crippen molar-refractivity contribution in [3.63, 3.8) is 0 Å². The SMILES string of the molecule is CSC1(CNS(=O)(=O)c2ccc(C(=O)O)s2)CC1. The molecular weight excluding hydrogens is 294 g/mol. The third-order valence-electron chi connectivity index (χ3n) is 2.88. The summed E-state index contributed by atoms with van der Waals surface area (Å²) in [7, 11) is -3.58. The zero-order valence-electron chi connectivity index (χ0n) is 9.67. The van der Waals surface area contributed by atoms with E-state index in [2.05, 4.69) is 4.72 Å². The summed E-state index contributed by atoms with van der Waals surface area (Å²) in [6.45, 7) is 0.400. The Morgan fingerprint density at radius 1 is 1.56 bits per heavy atom. The van der Waals surface area contributed by atoms with Crippen molar-refractivity contribution in [2.75, 3.05) is 12.8 Å². The Balaban J connectivity index is 2.08. The van der Waals surface area contributed by atoms with Gasteiger partial charge in [-0.2, -0.15) is 11.8 Å². The Bertz CT molecular complexity index is 559. The van der Waals surface area contributed by atoms with Crippen molar-refractivity contribution in [1.82, 2.24) is 4.72 Å². The highest BCUT2D eigenvalue weighted by molar-refractivity contribution is 8.00. The van der Waals surface area contributed by atoms with Crippen molar-refractivity contribution >= 4 is 39.1 Å². The summed E-state index contributed by atoms with van der Waals surface area (Å²) in [5.41, 5.74) is 0. The van der Waals surface area contributed by atoms with E-state index in [1.807, 2.05) is 6.26 Å². The van der Waals surface area contributed by atoms with Gasteiger partial charge in [-0.1, -0.05) is 0 Å². The van der Waals surface area contributed by atoms with Gasteiger partial charge in [0.2, 0.25) is 10.0 Å². The van der Waals surface area contributed by atoms with E-state index in [1.165, 1.54) is 12.1 Å². The highest BCUT2D eigenvalue weighted by atomic mass is 32.2. The number of aromatic carboxylic acids is 1. The van der Waals surface area contributed by atoms with Gasteiger partial charge in [0.1, 0.15) is 9.09 Å². The van der Waals surface area contributed by atoms with Gasteiger partial charge >= 0.3 is 5.97 Å². The Hall–Kier alpha value is -0.570. The molecule has 0 amide bonds. The summed E-state index contributed by atoms with van der Waals surface area (Å²) in [5.74, 6) is -1.11. The maximum absolute atomic E-state index is 12.0. The molecule has 1 fully saturated rings. The van der Waals surface area contributed by atoms with Crippen molar-refractivity contribution in [1.29, 1.82) is 0 Å². The molecule has 1 aromatic rings. The summed E-state index contributed by atoms with van der Waals surface area (Å²) >= 11 is 2.44. The minimum Gasteiger partial charge on any atom is -0.477 e. The van der Waals surface area contributed by atoms with E-state index in [1.54, 1.807) is 11.8 Å². The molecule has 1 saturated carbocycles. The number of sulfonamides is 1. The van der Waals surface area contributed by atoms with E-state index in [0.29, 0.717) is 6.54 Å². The molecule has 8 heteroatoms. The van der Waals surface area contributed by atoms with Crippen LogP contribution in [0.2, 0.25) is 0 Å². The van der Waals surface area contributed by atoms with Gasteiger partial charge in [-0.25, -0.2) is 17.9 Å². The molecule has 0 aliphatic heterocycles. The van der Waals surface area contributed by atoms with Gasteiger partial charge in [0, 0.05) is 11.3 Å². The minimum absolute atomic E-state index is 0.0291. The molecule has 1 aliphatic rings. The molecule has 1 aliphatic carbocycles. The molecule has 1 heterocycles. The van der Waals surface area contributed by atoms with Crippen molar-refractivity contribution in [3.8, 4) is 0 Å². The molecule has 0 unspecified atom stereocenters. The first kappa shape index (κ1) is 13.9. The average molecular weight is 307 g/mol. The van der Waals surface area contributed by atoms with E-state index < -0.39 is 16.0 Å². The maximum atomic E-state index is 12.0. The quantitative estimate of drug-likeness (QED) is 0.834. The van der Waals surface area contributed by atoms with E-state index in [-0.39, 0.29) is 13.8 Å². The highest BCUT2D eigenvalue weighted by Gasteiger charge is 2.42. The van der Waals surface area contributed by atoms with E-state index in [9.17, 15) is 13.2 Å². The number of nitrogens with one attached hydrogen (secondary N) is 1. The summed E-state index contributed by atoms with van der Waals surface area (Å²) in [6.07, 6.45) is 4.00. The van der Waals surface area contributed by atoms with Crippen LogP contribution in [-0.4, -0.2) is 37.0 Å². The molecule has 0 saturated heterocycles. The normalized spacial score (nSPS) is 17.6. The maximum Gasteiger partial charge on any atom is 0.345 e. The summed E-state index contributed by atoms with van der Waals surface area (Å²) in [5, 5.41) is 8.76. The number of thiophene rings is 1. The van der Waals surface area contributed by atoms with Crippen LogP contribution in [0.3, 0.4) is 0 Å². The first-order chi connectivity index (χ1) is 8.38. The van der Waals surface area contributed by atoms with Crippen molar-refractivity contribution in [2.24, 2.45) is 0 Å². The van der Waals surface area contributed by atoms with Gasteiger partial charge in [0.05, 0.1) is 0 Å². The predicted octanol–water partition coefficient (Wildman–Crippen LogP) is 1.62. The molecule has 0 bridgehead atoms. The number of thioether (sulfide) groups is 1. The molecule has 2 N–H and O–H groups in total. The largest absolute Gasteiger partial charge is 0.477 e. The van der Waals surface area contributed by atoms with Crippen LogP contribution in [0, 0.1) is 0 Å². The fourth-order valence-electron chi connectivity index (χ4n) is 1.47. The molecule has 100 valence electrons. The van der Waals surface area contributed by atoms with Crippen molar-refractivity contribution in [3.05, 3.63) is 17.0 Å². The molecule has 18 heavy (non-hydrogen) atoms. The minimum atomic E-state index is -3.58. The van der Waals surface area contributed by atoms with E-state index >= 15 is 0 Å². The lowest BCUT2D eigenvalue weighted by atomic mass is 10.4. The third kappa shape index (κ3) is 2.87. The average Bonchev–Trinajstić information content (AvgIpc) is 2.91. The van der Waals surface area contributed by atoms with Crippen LogP contribution in [0.1, 0.15) is 22.5 Å². The first-order valence-electron chi connectivity index (χ1n) is 5.26. The topological polar surface area (TPSA) is 83.5 Å². The first-order valence-corrected chi connectivity index (χ1v) is 8.79. The Labute approximate surface area is 114 Å². The second kappa shape index (κ2) is 4.84. The molecule has 2 rings (SSSR count). The van der Waals surface area contributed by atoms with Gasteiger partial charge in [0.15, 0.2) is 0 Å². The Morgan fingerprint density at radius 2 is 2.22 bits per heavy atom. The molecule has 0 radical (unpaired) electrons. The lowest BCUT2D eigenvalue weighted by Gasteiger charge is -2.12. The van der Waals surface area contributed by atoms with Gasteiger partial charge in [-0.15, -0.1) is 11.3 Å². The predicted molar refractivity (Wildman–Crippen MR) is 71.9 cm³/mol. The molecule has 0 spiro atoms. The van der Waals surface area contributed by atoms with Gasteiger partial charge in [-0.3, -0.25) is 0 Å². The zero-order valence-corrected chi connectivity index (χ0v) is 12.1. The van der Waals surface area contributed by atoms with Crippen LogP contribution in [0.4, 0.5) is 0 Å². The molecule has 5 nitrogen and oxygen atoms in total. The van der Waals surface area contributed by atoms with Crippen LogP contribution in [0.5, 0.6) is 0 Å². The monoisotopic (exact) mass is 307 g/mol. The van der Waals surface area contributed by atoms with Gasteiger partial charge in [0.25, 0.3) is 0 Å². The zero-order chi connectivity index (χ0) is 13.4. The van der Waals surface area contributed by atoms with Crippen LogP contribution in [0.15, 0.2) is 16.3 Å². The number of hydrogen-bond donors (Lipinski definition) is 2. The fraction of sp³-hybridized carbons (Fsp3) is 0.500. The number of hydrogen-bond acceptors (Lipinski definition) is 5. The number of carboxylic acids is 1. The van der Waals surface area contributed by atoms with Crippen molar-refractivity contribution in [2.45, 2.75) is 21.8 Å². The molecule has 1 aromatic heterocycles. The van der Waals surface area contributed by atoms with Gasteiger partial charge < -0.3 is 5.11 Å². The molecular formula is C10H13NO4S3. The van der Waals surface area contributed by atoms with Crippen LogP contribution in [-0.2, 0) is 10.0 Å². The molecule has 0 atom stereocenters. The summed E-state index contributed by atoms with van der Waals surface area (Å²) in [4.78, 5) is 10.7. The second-order valence-electron chi connectivity index (χ2n) is 4.14. The lowest BCUT2D eigenvalue weighted by Crippen LogP contribution is -2.31. The number of carboxylic acid groups (broad SMARTS) is 1. The highest BCUT2D eigenvalue weighted by Crippen LogP contribution is 2.46. The number of rotatable bonds is 6. The fourth-order valence-corrected chi connectivity index (χ4v) is 4.60. The Kier molecular flexibility index (Phi) is 3.72.